The molecule has 2 heterocycles. The Morgan fingerprint density at radius 1 is 1.73 bits per heavy atom. The molecule has 1 radical (unpaired) electrons. The van der Waals surface area contributed by atoms with Crippen LogP contribution in [0.2, 0.25) is 0 Å². The molecule has 4 heteroatoms. The summed E-state index contributed by atoms with van der Waals surface area (Å²) in [4.78, 5) is 14.4. The third-order valence-electron chi connectivity index (χ3n) is 1.35. The van der Waals surface area contributed by atoms with Gasteiger partial charge in [0, 0.05) is 0 Å². The number of nitrogens with zero attached hydrogens (tertiary/aromatic N) is 1. The van der Waals surface area contributed by atoms with Crippen molar-refractivity contribution in [3.63, 3.8) is 0 Å². The van der Waals surface area contributed by atoms with Gasteiger partial charge in [-0.3, -0.25) is 0 Å². The first-order chi connectivity index (χ1) is 5.36. The first-order valence-corrected chi connectivity index (χ1v) is 3.18. The van der Waals surface area contributed by atoms with E-state index in [1.165, 1.54) is 0 Å². The van der Waals surface area contributed by atoms with E-state index in [4.69, 9.17) is 4.74 Å². The molecule has 1 N–H and O–H groups in total. The maximum Gasteiger partial charge on any atom is 0.332 e. The standard InChI is InChI=1S/C7H5N2O2/c10-6-4-9-5-2-1-3-8-7(5)11-6/h1-2,9H,4H2. The van der Waals surface area contributed by atoms with E-state index in [1.54, 1.807) is 12.1 Å². The Morgan fingerprint density at radius 3 is 3.55 bits per heavy atom. The highest BCUT2D eigenvalue weighted by molar-refractivity contribution is 5.82. The number of ether oxygens (including phenoxy) is 1. The topological polar surface area (TPSA) is 51.2 Å². The smallest absolute Gasteiger partial charge is 0.332 e. The molecule has 0 bridgehead atoms. The predicted molar refractivity (Wildman–Crippen MR) is 37.2 cm³/mol. The van der Waals surface area contributed by atoms with Crippen LogP contribution in [0.3, 0.4) is 0 Å². The highest BCUT2D eigenvalue weighted by Gasteiger charge is 2.15. The number of rotatable bonds is 0. The van der Waals surface area contributed by atoms with Gasteiger partial charge in [-0.15, -0.1) is 0 Å². The summed E-state index contributed by atoms with van der Waals surface area (Å²) in [6.07, 6.45) is 2.57. The van der Waals surface area contributed by atoms with Crippen LogP contribution in [-0.2, 0) is 4.79 Å². The molecule has 0 saturated carbocycles. The van der Waals surface area contributed by atoms with Gasteiger partial charge in [-0.25, -0.2) is 9.78 Å². The first-order valence-electron chi connectivity index (χ1n) is 3.18. The second-order valence-electron chi connectivity index (χ2n) is 2.12. The van der Waals surface area contributed by atoms with Gasteiger partial charge in [0.05, 0.1) is 11.9 Å². The largest absolute Gasteiger partial charge is 0.404 e. The lowest BCUT2D eigenvalue weighted by atomic mass is 10.3. The van der Waals surface area contributed by atoms with Crippen molar-refractivity contribution in [2.24, 2.45) is 0 Å². The van der Waals surface area contributed by atoms with Crippen LogP contribution < -0.4 is 10.1 Å². The average molecular weight is 149 g/mol. The fourth-order valence-corrected chi connectivity index (χ4v) is 0.872. The van der Waals surface area contributed by atoms with E-state index in [9.17, 15) is 4.79 Å². The van der Waals surface area contributed by atoms with E-state index in [2.05, 4.69) is 16.5 Å². The molecule has 0 atom stereocenters. The molecule has 0 spiro atoms. The van der Waals surface area contributed by atoms with E-state index in [-0.39, 0.29) is 12.5 Å². The van der Waals surface area contributed by atoms with E-state index >= 15 is 0 Å². The predicted octanol–water partition coefficient (Wildman–Crippen LogP) is 0.213. The Bertz CT molecular complexity index is 298. The Hall–Kier alpha value is -1.58. The fraction of sp³-hybridized carbons (Fsp3) is 0.143. The van der Waals surface area contributed by atoms with Gasteiger partial charge in [0.2, 0.25) is 5.88 Å². The summed E-state index contributed by atoms with van der Waals surface area (Å²) in [5.74, 6) is -0.00616. The molecule has 11 heavy (non-hydrogen) atoms. The third kappa shape index (κ3) is 1.02. The van der Waals surface area contributed by atoms with Gasteiger partial charge >= 0.3 is 5.97 Å². The van der Waals surface area contributed by atoms with Gasteiger partial charge in [0.1, 0.15) is 6.54 Å². The molecule has 2 rings (SSSR count). The zero-order valence-electron chi connectivity index (χ0n) is 5.63. The molecule has 4 nitrogen and oxygen atoms in total. The van der Waals surface area contributed by atoms with Crippen LogP contribution in [0.25, 0.3) is 0 Å². The summed E-state index contributed by atoms with van der Waals surface area (Å²) < 4.78 is 4.79. The van der Waals surface area contributed by atoms with Crippen molar-refractivity contribution in [1.82, 2.24) is 4.98 Å². The lowest BCUT2D eigenvalue weighted by Crippen LogP contribution is -2.25. The van der Waals surface area contributed by atoms with Crippen molar-refractivity contribution in [3.05, 3.63) is 18.3 Å². The Kier molecular flexibility index (Phi) is 1.25. The summed E-state index contributed by atoms with van der Waals surface area (Å²) in [6.45, 7) is 0.207. The quantitative estimate of drug-likeness (QED) is 0.536. The zero-order valence-corrected chi connectivity index (χ0v) is 5.63. The molecule has 55 valence electrons. The molecule has 0 fully saturated rings. The molecule has 0 aromatic carbocycles. The molecule has 1 aromatic rings. The number of carbonyl (C=O) groups excluding carboxylic acids is 1. The number of pyridine rings is 1. The number of anilines is 1. The molecule has 0 aliphatic carbocycles. The molecule has 0 amide bonds. The second-order valence-corrected chi connectivity index (χ2v) is 2.12. The lowest BCUT2D eigenvalue weighted by Gasteiger charge is -2.14. The van der Waals surface area contributed by atoms with Crippen LogP contribution in [0, 0.1) is 6.20 Å². The van der Waals surface area contributed by atoms with E-state index in [0.29, 0.717) is 5.88 Å². The van der Waals surface area contributed by atoms with Crippen molar-refractivity contribution in [3.8, 4) is 5.88 Å². The van der Waals surface area contributed by atoms with Crippen molar-refractivity contribution in [1.29, 1.82) is 0 Å². The van der Waals surface area contributed by atoms with Crippen LogP contribution in [0.1, 0.15) is 0 Å². The van der Waals surface area contributed by atoms with Gasteiger partial charge in [0.15, 0.2) is 0 Å². The number of aromatic nitrogens is 1. The second kappa shape index (κ2) is 2.23. The van der Waals surface area contributed by atoms with Gasteiger partial charge in [-0.1, -0.05) is 0 Å². The molecule has 1 aliphatic rings. The number of fused-ring (bicyclic) bond motifs is 1. The van der Waals surface area contributed by atoms with Crippen molar-refractivity contribution < 1.29 is 9.53 Å². The highest BCUT2D eigenvalue weighted by atomic mass is 16.5. The number of hydrogen-bond donors (Lipinski definition) is 1. The minimum Gasteiger partial charge on any atom is -0.404 e. The third-order valence-corrected chi connectivity index (χ3v) is 1.35. The maximum atomic E-state index is 10.7. The van der Waals surface area contributed by atoms with E-state index < -0.39 is 0 Å². The highest BCUT2D eigenvalue weighted by Crippen LogP contribution is 2.22. The minimum absolute atomic E-state index is 0.207. The number of carbonyl (C=O) groups is 1. The van der Waals surface area contributed by atoms with Gasteiger partial charge < -0.3 is 10.1 Å². The molecule has 0 unspecified atom stereocenters. The maximum absolute atomic E-state index is 10.7. The Balaban J connectivity index is 2.41. The molecular weight excluding hydrogens is 144 g/mol. The van der Waals surface area contributed by atoms with Crippen LogP contribution in [-0.4, -0.2) is 17.5 Å². The van der Waals surface area contributed by atoms with E-state index in [1.807, 2.05) is 0 Å². The average Bonchev–Trinajstić information content (AvgIpc) is 2.04. The van der Waals surface area contributed by atoms with Gasteiger partial charge in [-0.05, 0) is 12.1 Å². The monoisotopic (exact) mass is 149 g/mol. The fourth-order valence-electron chi connectivity index (χ4n) is 0.872. The minimum atomic E-state index is -0.315. The van der Waals surface area contributed by atoms with Crippen LogP contribution in [0.5, 0.6) is 5.88 Å². The molecular formula is C7H5N2O2. The Labute approximate surface area is 63.2 Å². The van der Waals surface area contributed by atoms with Crippen molar-refractivity contribution >= 4 is 11.7 Å². The number of esters is 1. The van der Waals surface area contributed by atoms with Gasteiger partial charge in [-0.2, -0.15) is 0 Å². The SMILES string of the molecule is O=C1CNc2cc[c]nc2O1. The van der Waals surface area contributed by atoms with Crippen LogP contribution in [0.15, 0.2) is 12.1 Å². The normalized spacial score (nSPS) is 14.7. The zero-order chi connectivity index (χ0) is 7.68. The van der Waals surface area contributed by atoms with Crippen LogP contribution in [0.4, 0.5) is 5.69 Å². The van der Waals surface area contributed by atoms with Crippen molar-refractivity contribution in [2.45, 2.75) is 0 Å². The molecule has 1 aromatic heterocycles. The number of nitrogens with one attached hydrogen (secondary N) is 1. The molecule has 0 saturated heterocycles. The lowest BCUT2D eigenvalue weighted by molar-refractivity contribution is -0.133. The van der Waals surface area contributed by atoms with Crippen LogP contribution >= 0.6 is 0 Å². The van der Waals surface area contributed by atoms with Crippen molar-refractivity contribution in [2.75, 3.05) is 11.9 Å². The summed E-state index contributed by atoms with van der Waals surface area (Å²) >= 11 is 0. The summed E-state index contributed by atoms with van der Waals surface area (Å²) in [5.41, 5.74) is 0.739. The summed E-state index contributed by atoms with van der Waals surface area (Å²) in [5, 5.41) is 2.86. The summed E-state index contributed by atoms with van der Waals surface area (Å²) in [6, 6.07) is 3.42. The first kappa shape index (κ1) is 6.15. The molecule has 1 aliphatic heterocycles. The number of hydrogen-bond acceptors (Lipinski definition) is 4. The van der Waals surface area contributed by atoms with Gasteiger partial charge in [0.25, 0.3) is 0 Å². The summed E-state index contributed by atoms with van der Waals surface area (Å²) in [7, 11) is 0. The van der Waals surface area contributed by atoms with E-state index in [0.717, 1.165) is 5.69 Å². The Morgan fingerprint density at radius 2 is 2.64 bits per heavy atom.